The monoisotopic (exact) mass is 343 g/mol. The summed E-state index contributed by atoms with van der Waals surface area (Å²) in [6.07, 6.45) is 5.31. The molecule has 3 rings (SSSR count). The van der Waals surface area contributed by atoms with E-state index in [2.05, 4.69) is 12.1 Å². The van der Waals surface area contributed by atoms with Gasteiger partial charge in [0.1, 0.15) is 0 Å². The Kier molecular flexibility index (Phi) is 6.08. The zero-order chi connectivity index (χ0) is 17.6. The van der Waals surface area contributed by atoms with Gasteiger partial charge in [-0.25, -0.2) is 0 Å². The molecule has 0 spiro atoms. The summed E-state index contributed by atoms with van der Waals surface area (Å²) in [6, 6.07) is 10.3. The summed E-state index contributed by atoms with van der Waals surface area (Å²) in [4.78, 5) is 28.7. The molecule has 1 saturated carbocycles. The fourth-order valence-electron chi connectivity index (χ4n) is 3.95. The Morgan fingerprint density at radius 3 is 2.32 bits per heavy atom. The van der Waals surface area contributed by atoms with Crippen LogP contribution in [0.2, 0.25) is 0 Å². The highest BCUT2D eigenvalue weighted by atomic mass is 16.2. The number of nitrogens with zero attached hydrogens (tertiary/aromatic N) is 2. The highest BCUT2D eigenvalue weighted by molar-refractivity contribution is 5.81. The Morgan fingerprint density at radius 2 is 1.68 bits per heavy atom. The zero-order valence-corrected chi connectivity index (χ0v) is 14.9. The lowest BCUT2D eigenvalue weighted by Crippen LogP contribution is -2.53. The number of piperazine rings is 1. The van der Waals surface area contributed by atoms with Crippen LogP contribution >= 0.6 is 0 Å². The van der Waals surface area contributed by atoms with Crippen molar-refractivity contribution in [3.8, 4) is 0 Å². The van der Waals surface area contributed by atoms with Gasteiger partial charge in [0, 0.05) is 38.6 Å². The standard InChI is InChI=1S/C20H29N3O2/c21-18-10-5-9-17(18)20(25)23-14-12-22(13-15-23)19(24)11-4-8-16-6-2-1-3-7-16/h1-3,6-7,17-18H,4-5,8-15,21H2/t17-,18+/m0/s1. The van der Waals surface area contributed by atoms with Crippen LogP contribution in [0, 0.1) is 5.92 Å². The SMILES string of the molecule is N[C@@H]1CCC[C@@H]1C(=O)N1CCN(C(=O)CCCc2ccccc2)CC1. The number of benzene rings is 1. The topological polar surface area (TPSA) is 66.6 Å². The van der Waals surface area contributed by atoms with E-state index in [0.717, 1.165) is 32.1 Å². The van der Waals surface area contributed by atoms with E-state index >= 15 is 0 Å². The molecule has 0 bridgehead atoms. The molecule has 5 nitrogen and oxygen atoms in total. The fraction of sp³-hybridized carbons (Fsp3) is 0.600. The van der Waals surface area contributed by atoms with E-state index in [-0.39, 0.29) is 23.8 Å². The molecular weight excluding hydrogens is 314 g/mol. The molecule has 2 N–H and O–H groups in total. The Labute approximate surface area is 150 Å². The Morgan fingerprint density at radius 1 is 1.00 bits per heavy atom. The number of carbonyl (C=O) groups excluding carboxylic acids is 2. The molecule has 5 heteroatoms. The number of amides is 2. The average molecular weight is 343 g/mol. The van der Waals surface area contributed by atoms with Crippen molar-refractivity contribution in [1.29, 1.82) is 0 Å². The van der Waals surface area contributed by atoms with Gasteiger partial charge in [-0.15, -0.1) is 0 Å². The minimum atomic E-state index is -0.00637. The molecule has 0 aromatic heterocycles. The van der Waals surface area contributed by atoms with Crippen molar-refractivity contribution in [3.05, 3.63) is 35.9 Å². The van der Waals surface area contributed by atoms with E-state index in [1.807, 2.05) is 28.0 Å². The maximum atomic E-state index is 12.6. The van der Waals surface area contributed by atoms with Gasteiger partial charge < -0.3 is 15.5 Å². The van der Waals surface area contributed by atoms with Crippen molar-refractivity contribution in [2.24, 2.45) is 11.7 Å². The van der Waals surface area contributed by atoms with Crippen LogP contribution in [0.5, 0.6) is 0 Å². The van der Waals surface area contributed by atoms with E-state index in [9.17, 15) is 9.59 Å². The maximum Gasteiger partial charge on any atom is 0.227 e. The minimum Gasteiger partial charge on any atom is -0.339 e. The van der Waals surface area contributed by atoms with Crippen LogP contribution in [0.1, 0.15) is 37.7 Å². The van der Waals surface area contributed by atoms with Crippen molar-refractivity contribution in [2.75, 3.05) is 26.2 Å². The highest BCUT2D eigenvalue weighted by Crippen LogP contribution is 2.26. The Balaban J connectivity index is 1.39. The van der Waals surface area contributed by atoms with Crippen LogP contribution in [0.15, 0.2) is 30.3 Å². The van der Waals surface area contributed by atoms with Crippen LogP contribution in [0.4, 0.5) is 0 Å². The van der Waals surface area contributed by atoms with Gasteiger partial charge in [-0.3, -0.25) is 9.59 Å². The van der Waals surface area contributed by atoms with E-state index in [1.165, 1.54) is 5.56 Å². The van der Waals surface area contributed by atoms with Gasteiger partial charge in [0.15, 0.2) is 0 Å². The molecular formula is C20H29N3O2. The summed E-state index contributed by atoms with van der Waals surface area (Å²) in [7, 11) is 0. The summed E-state index contributed by atoms with van der Waals surface area (Å²) < 4.78 is 0. The van der Waals surface area contributed by atoms with Gasteiger partial charge in [-0.2, -0.15) is 0 Å². The molecule has 1 saturated heterocycles. The third-order valence-electron chi connectivity index (χ3n) is 5.53. The minimum absolute atomic E-state index is 0.00637. The van der Waals surface area contributed by atoms with Crippen molar-refractivity contribution < 1.29 is 9.59 Å². The lowest BCUT2D eigenvalue weighted by Gasteiger charge is -2.36. The highest BCUT2D eigenvalue weighted by Gasteiger charge is 2.34. The van der Waals surface area contributed by atoms with Gasteiger partial charge in [0.25, 0.3) is 0 Å². The second-order valence-electron chi connectivity index (χ2n) is 7.25. The maximum absolute atomic E-state index is 12.6. The average Bonchev–Trinajstić information content (AvgIpc) is 3.08. The van der Waals surface area contributed by atoms with Crippen LogP contribution in [0.25, 0.3) is 0 Å². The summed E-state index contributed by atoms with van der Waals surface area (Å²) in [6.45, 7) is 2.59. The van der Waals surface area contributed by atoms with Gasteiger partial charge in [0.2, 0.25) is 11.8 Å². The predicted molar refractivity (Wildman–Crippen MR) is 97.9 cm³/mol. The molecule has 2 aliphatic rings. The first-order valence-electron chi connectivity index (χ1n) is 9.51. The zero-order valence-electron chi connectivity index (χ0n) is 14.9. The summed E-state index contributed by atoms with van der Waals surface area (Å²) in [5.74, 6) is 0.398. The number of hydrogen-bond donors (Lipinski definition) is 1. The fourth-order valence-corrected chi connectivity index (χ4v) is 3.95. The van der Waals surface area contributed by atoms with E-state index in [1.54, 1.807) is 0 Å². The molecule has 2 atom stereocenters. The first-order chi connectivity index (χ1) is 12.1. The number of aryl methyl sites for hydroxylation is 1. The molecule has 0 radical (unpaired) electrons. The second kappa shape index (κ2) is 8.48. The predicted octanol–water partition coefficient (Wildman–Crippen LogP) is 1.81. The van der Waals surface area contributed by atoms with E-state index in [4.69, 9.17) is 5.73 Å². The Bertz CT molecular complexity index is 582. The molecule has 1 aliphatic heterocycles. The van der Waals surface area contributed by atoms with Gasteiger partial charge in [-0.05, 0) is 31.2 Å². The summed E-state index contributed by atoms with van der Waals surface area (Å²) in [5.41, 5.74) is 7.33. The van der Waals surface area contributed by atoms with Crippen LogP contribution in [0.3, 0.4) is 0 Å². The third kappa shape index (κ3) is 4.60. The van der Waals surface area contributed by atoms with Crippen molar-refractivity contribution in [2.45, 2.75) is 44.6 Å². The Hall–Kier alpha value is -1.88. The molecule has 1 heterocycles. The molecule has 1 aromatic rings. The molecule has 25 heavy (non-hydrogen) atoms. The summed E-state index contributed by atoms with van der Waals surface area (Å²) in [5, 5.41) is 0. The molecule has 0 unspecified atom stereocenters. The van der Waals surface area contributed by atoms with Crippen LogP contribution < -0.4 is 5.73 Å². The second-order valence-corrected chi connectivity index (χ2v) is 7.25. The molecule has 1 aliphatic carbocycles. The van der Waals surface area contributed by atoms with E-state index < -0.39 is 0 Å². The number of rotatable bonds is 5. The van der Waals surface area contributed by atoms with Crippen LogP contribution in [-0.4, -0.2) is 53.8 Å². The van der Waals surface area contributed by atoms with Gasteiger partial charge in [-0.1, -0.05) is 36.8 Å². The largest absolute Gasteiger partial charge is 0.339 e. The first-order valence-corrected chi connectivity index (χ1v) is 9.51. The van der Waals surface area contributed by atoms with Crippen molar-refractivity contribution in [3.63, 3.8) is 0 Å². The van der Waals surface area contributed by atoms with Crippen molar-refractivity contribution in [1.82, 2.24) is 9.80 Å². The number of nitrogens with two attached hydrogens (primary N) is 1. The van der Waals surface area contributed by atoms with Gasteiger partial charge in [0.05, 0.1) is 5.92 Å². The molecule has 1 aromatic carbocycles. The molecule has 2 amide bonds. The first kappa shape index (κ1) is 17.9. The normalized spacial score (nSPS) is 23.7. The number of hydrogen-bond acceptors (Lipinski definition) is 3. The summed E-state index contributed by atoms with van der Waals surface area (Å²) >= 11 is 0. The molecule has 136 valence electrons. The molecule has 2 fully saturated rings. The lowest BCUT2D eigenvalue weighted by atomic mass is 10.0. The quantitative estimate of drug-likeness (QED) is 0.887. The van der Waals surface area contributed by atoms with Gasteiger partial charge >= 0.3 is 0 Å². The van der Waals surface area contributed by atoms with Crippen LogP contribution in [-0.2, 0) is 16.0 Å². The smallest absolute Gasteiger partial charge is 0.227 e. The van der Waals surface area contributed by atoms with Crippen molar-refractivity contribution >= 4 is 11.8 Å². The lowest BCUT2D eigenvalue weighted by molar-refractivity contribution is -0.142. The third-order valence-corrected chi connectivity index (χ3v) is 5.53. The number of carbonyl (C=O) groups is 2. The van der Waals surface area contributed by atoms with E-state index in [0.29, 0.717) is 32.6 Å².